The lowest BCUT2D eigenvalue weighted by Gasteiger charge is -2.15. The average molecular weight is 258 g/mol. The maximum absolute atomic E-state index is 12.1. The minimum absolute atomic E-state index is 0.0180. The fourth-order valence-electron chi connectivity index (χ4n) is 2.86. The molecule has 4 rings (SSSR count). The maximum atomic E-state index is 12.1. The highest BCUT2D eigenvalue weighted by atomic mass is 16.3. The number of hydrogen-bond acceptors (Lipinski definition) is 2. The summed E-state index contributed by atoms with van der Waals surface area (Å²) in [6.45, 7) is 0. The summed E-state index contributed by atoms with van der Waals surface area (Å²) in [5, 5.41) is 28.4. The van der Waals surface area contributed by atoms with E-state index in [0.717, 1.165) is 26.9 Å². The number of fused-ring (bicyclic) bond motifs is 2. The van der Waals surface area contributed by atoms with Gasteiger partial charge in [0.25, 0.3) is 0 Å². The van der Waals surface area contributed by atoms with Gasteiger partial charge in [0.1, 0.15) is 0 Å². The van der Waals surface area contributed by atoms with E-state index in [2.05, 4.69) is 0 Å². The van der Waals surface area contributed by atoms with Gasteiger partial charge in [0.2, 0.25) is 0 Å². The molecule has 3 aromatic carbocycles. The Morgan fingerprint density at radius 3 is 2.60 bits per heavy atom. The molecule has 0 fully saturated rings. The molecule has 20 heavy (non-hydrogen) atoms. The van der Waals surface area contributed by atoms with Crippen LogP contribution in [0.5, 0.6) is 5.75 Å². The van der Waals surface area contributed by atoms with Crippen molar-refractivity contribution in [3.05, 3.63) is 65.1 Å². The largest absolute Gasteiger partial charge is 0.872 e. The second-order valence-corrected chi connectivity index (χ2v) is 4.96. The predicted molar refractivity (Wildman–Crippen MR) is 77.7 cm³/mol. The molecule has 3 aromatic rings. The van der Waals surface area contributed by atoms with Crippen molar-refractivity contribution < 1.29 is 10.2 Å². The normalized spacial score (nSPS) is 13.9. The molecule has 0 saturated heterocycles. The fourth-order valence-corrected chi connectivity index (χ4v) is 2.86. The van der Waals surface area contributed by atoms with Crippen molar-refractivity contribution in [1.29, 1.82) is 0 Å². The Hall–Kier alpha value is -2.74. The second kappa shape index (κ2) is 3.87. The van der Waals surface area contributed by atoms with Crippen LogP contribution in [0, 0.1) is 0 Å². The Morgan fingerprint density at radius 2 is 1.70 bits per heavy atom. The first kappa shape index (κ1) is 11.1. The standard InChI is InChI=1S/C18H12O2/c19-13-6-4-12-10-16-17(20)9-5-11-2-1-3-15(18(11)16)14(12)8-7-13/h1-10,19-20H/p-2. The quantitative estimate of drug-likeness (QED) is 0.617. The summed E-state index contributed by atoms with van der Waals surface area (Å²) in [5.41, 5.74) is 0.912. The van der Waals surface area contributed by atoms with E-state index < -0.39 is 0 Å². The van der Waals surface area contributed by atoms with E-state index in [-0.39, 0.29) is 11.5 Å². The van der Waals surface area contributed by atoms with Crippen LogP contribution in [0.2, 0.25) is 0 Å². The Balaban J connectivity index is 2.32. The van der Waals surface area contributed by atoms with E-state index in [1.165, 1.54) is 6.08 Å². The molecular weight excluding hydrogens is 248 g/mol. The first-order valence-corrected chi connectivity index (χ1v) is 6.46. The van der Waals surface area contributed by atoms with Gasteiger partial charge in [-0.1, -0.05) is 54.6 Å². The fraction of sp³-hybridized carbons (Fsp3) is 0. The molecule has 0 radical (unpaired) electrons. The second-order valence-electron chi connectivity index (χ2n) is 4.96. The Labute approximate surface area is 115 Å². The molecule has 1 aliphatic carbocycles. The molecule has 0 atom stereocenters. The van der Waals surface area contributed by atoms with Crippen molar-refractivity contribution in [2.24, 2.45) is 0 Å². The lowest BCUT2D eigenvalue weighted by atomic mass is 9.95. The van der Waals surface area contributed by atoms with Gasteiger partial charge in [0, 0.05) is 0 Å². The van der Waals surface area contributed by atoms with Gasteiger partial charge in [-0.3, -0.25) is 0 Å². The molecule has 2 nitrogen and oxygen atoms in total. The molecule has 0 heterocycles. The molecule has 0 bridgehead atoms. The monoisotopic (exact) mass is 258 g/mol. The zero-order valence-electron chi connectivity index (χ0n) is 10.6. The van der Waals surface area contributed by atoms with Crippen molar-refractivity contribution in [3.8, 4) is 5.75 Å². The maximum Gasteiger partial charge on any atom is -0.00386 e. The van der Waals surface area contributed by atoms with Crippen LogP contribution in [0.1, 0.15) is 5.56 Å². The van der Waals surface area contributed by atoms with Crippen molar-refractivity contribution in [2.45, 2.75) is 0 Å². The van der Waals surface area contributed by atoms with Crippen LogP contribution < -0.4 is 15.4 Å². The number of allylic oxidation sites excluding steroid dienone is 2. The predicted octanol–water partition coefficient (Wildman–Crippen LogP) is 1.84. The van der Waals surface area contributed by atoms with Gasteiger partial charge < -0.3 is 10.2 Å². The average Bonchev–Trinajstić information content (AvgIpc) is 2.65. The van der Waals surface area contributed by atoms with E-state index in [9.17, 15) is 10.2 Å². The summed E-state index contributed by atoms with van der Waals surface area (Å²) < 4.78 is 0. The van der Waals surface area contributed by atoms with E-state index >= 15 is 0 Å². The van der Waals surface area contributed by atoms with Gasteiger partial charge >= 0.3 is 0 Å². The molecule has 0 amide bonds. The molecule has 0 aliphatic heterocycles. The third-order valence-corrected chi connectivity index (χ3v) is 3.79. The minimum atomic E-state index is -0.0358. The van der Waals surface area contributed by atoms with Crippen LogP contribution in [0.15, 0.2) is 54.3 Å². The first-order chi connectivity index (χ1) is 9.74. The number of benzene rings is 3. The number of rotatable bonds is 0. The van der Waals surface area contributed by atoms with Gasteiger partial charge in [-0.25, -0.2) is 0 Å². The smallest absolute Gasteiger partial charge is 0.00386 e. The molecular formula is C18H10O2-2. The SMILES string of the molecule is [O-]C1=CC=c2c(cc3c([O-])ccc4cccc2c43)C=C1. The molecule has 1 aliphatic rings. The third-order valence-electron chi connectivity index (χ3n) is 3.79. The summed E-state index contributed by atoms with van der Waals surface area (Å²) in [6.07, 6.45) is 6.72. The Morgan fingerprint density at radius 1 is 0.800 bits per heavy atom. The minimum Gasteiger partial charge on any atom is -0.872 e. The van der Waals surface area contributed by atoms with E-state index in [1.54, 1.807) is 18.2 Å². The van der Waals surface area contributed by atoms with Gasteiger partial charge in [-0.05, 0) is 38.4 Å². The van der Waals surface area contributed by atoms with Crippen molar-refractivity contribution >= 4 is 33.7 Å². The summed E-state index contributed by atoms with van der Waals surface area (Å²) in [6, 6.07) is 11.3. The molecule has 0 unspecified atom stereocenters. The zero-order chi connectivity index (χ0) is 13.7. The summed E-state index contributed by atoms with van der Waals surface area (Å²) >= 11 is 0. The van der Waals surface area contributed by atoms with Crippen LogP contribution in [-0.2, 0) is 0 Å². The highest BCUT2D eigenvalue weighted by molar-refractivity contribution is 6.13. The van der Waals surface area contributed by atoms with E-state index in [4.69, 9.17) is 0 Å². The Kier molecular flexibility index (Phi) is 2.15. The highest BCUT2D eigenvalue weighted by Crippen LogP contribution is 2.31. The summed E-state index contributed by atoms with van der Waals surface area (Å²) in [4.78, 5) is 0. The highest BCUT2D eigenvalue weighted by Gasteiger charge is 2.07. The first-order valence-electron chi connectivity index (χ1n) is 6.46. The number of hydrogen-bond donors (Lipinski definition) is 0. The molecule has 0 saturated carbocycles. The van der Waals surface area contributed by atoms with Crippen LogP contribution in [0.4, 0.5) is 0 Å². The molecule has 0 N–H and O–H groups in total. The van der Waals surface area contributed by atoms with Crippen LogP contribution in [0.3, 0.4) is 0 Å². The van der Waals surface area contributed by atoms with Crippen LogP contribution in [0.25, 0.3) is 33.7 Å². The van der Waals surface area contributed by atoms with E-state index in [1.807, 2.05) is 36.4 Å². The molecule has 0 spiro atoms. The third kappa shape index (κ3) is 1.45. The summed E-state index contributed by atoms with van der Waals surface area (Å²) in [7, 11) is 0. The van der Waals surface area contributed by atoms with Crippen molar-refractivity contribution in [2.75, 3.05) is 0 Å². The lowest BCUT2D eigenvalue weighted by Crippen LogP contribution is -2.08. The molecule has 2 heteroatoms. The van der Waals surface area contributed by atoms with Gasteiger partial charge in [-0.15, -0.1) is 11.5 Å². The van der Waals surface area contributed by atoms with Crippen LogP contribution in [-0.4, -0.2) is 0 Å². The van der Waals surface area contributed by atoms with Crippen molar-refractivity contribution in [3.63, 3.8) is 0 Å². The summed E-state index contributed by atoms with van der Waals surface area (Å²) in [5.74, 6) is -0.0177. The zero-order valence-corrected chi connectivity index (χ0v) is 10.6. The van der Waals surface area contributed by atoms with Crippen molar-refractivity contribution in [1.82, 2.24) is 0 Å². The van der Waals surface area contributed by atoms with Crippen LogP contribution >= 0.6 is 0 Å². The van der Waals surface area contributed by atoms with E-state index in [0.29, 0.717) is 5.39 Å². The topological polar surface area (TPSA) is 46.1 Å². The molecule has 96 valence electrons. The lowest BCUT2D eigenvalue weighted by molar-refractivity contribution is -0.294. The molecule has 0 aromatic heterocycles. The van der Waals surface area contributed by atoms with Gasteiger partial charge in [-0.2, -0.15) is 0 Å². The Bertz CT molecular complexity index is 962. The van der Waals surface area contributed by atoms with Gasteiger partial charge in [0.15, 0.2) is 0 Å². The van der Waals surface area contributed by atoms with Gasteiger partial charge in [0.05, 0.1) is 0 Å².